The minimum Gasteiger partial charge on any atom is -0.323 e. The van der Waals surface area contributed by atoms with Gasteiger partial charge in [0.25, 0.3) is 0 Å². The van der Waals surface area contributed by atoms with Crippen LogP contribution in [0.25, 0.3) is 0 Å². The molecular weight excluding hydrogens is 297 g/mol. The van der Waals surface area contributed by atoms with Crippen LogP contribution in [0.5, 0.6) is 0 Å². The maximum absolute atomic E-state index is 13.9. The Morgan fingerprint density at radius 3 is 2.83 bits per heavy atom. The molecule has 3 nitrogen and oxygen atoms in total. The Morgan fingerprint density at radius 1 is 1.39 bits per heavy atom. The van der Waals surface area contributed by atoms with Gasteiger partial charge in [0.1, 0.15) is 5.82 Å². The van der Waals surface area contributed by atoms with E-state index < -0.39 is 0 Å². The number of hydrogen-bond donors (Lipinski definition) is 1. The second-order valence-corrected chi connectivity index (χ2v) is 5.92. The van der Waals surface area contributed by atoms with Gasteiger partial charge >= 0.3 is 0 Å². The summed E-state index contributed by atoms with van der Waals surface area (Å²) >= 11 is 3.37. The maximum atomic E-state index is 13.9. The molecule has 0 amide bonds. The molecule has 1 saturated heterocycles. The van der Waals surface area contributed by atoms with E-state index in [1.165, 1.54) is 6.07 Å². The van der Waals surface area contributed by atoms with E-state index in [4.69, 9.17) is 5.73 Å². The van der Waals surface area contributed by atoms with E-state index in [0.29, 0.717) is 5.56 Å². The Morgan fingerprint density at radius 2 is 2.11 bits per heavy atom. The van der Waals surface area contributed by atoms with Crippen LogP contribution >= 0.6 is 15.9 Å². The second kappa shape index (κ2) is 5.65. The van der Waals surface area contributed by atoms with Gasteiger partial charge in [0, 0.05) is 41.8 Å². The molecule has 100 valence electrons. The number of rotatable bonds is 2. The van der Waals surface area contributed by atoms with Crippen LogP contribution in [0.2, 0.25) is 0 Å². The third-order valence-electron chi connectivity index (χ3n) is 3.63. The molecule has 2 atom stereocenters. The molecule has 1 fully saturated rings. The van der Waals surface area contributed by atoms with Gasteiger partial charge in [0.15, 0.2) is 0 Å². The van der Waals surface area contributed by atoms with Gasteiger partial charge in [-0.15, -0.1) is 0 Å². The van der Waals surface area contributed by atoms with Crippen molar-refractivity contribution in [1.82, 2.24) is 9.80 Å². The molecule has 1 aliphatic heterocycles. The summed E-state index contributed by atoms with van der Waals surface area (Å²) in [7, 11) is 4.12. The molecule has 2 rings (SSSR count). The lowest BCUT2D eigenvalue weighted by molar-refractivity contribution is 0.0966. The van der Waals surface area contributed by atoms with Gasteiger partial charge in [-0.25, -0.2) is 4.39 Å². The lowest BCUT2D eigenvalue weighted by Crippen LogP contribution is -2.54. The normalized spacial score (nSPS) is 24.2. The van der Waals surface area contributed by atoms with E-state index in [9.17, 15) is 4.39 Å². The highest BCUT2D eigenvalue weighted by molar-refractivity contribution is 9.10. The second-order valence-electron chi connectivity index (χ2n) is 5.00. The monoisotopic (exact) mass is 315 g/mol. The maximum Gasteiger partial charge on any atom is 0.128 e. The summed E-state index contributed by atoms with van der Waals surface area (Å²) in [5.41, 5.74) is 6.84. The molecule has 0 saturated carbocycles. The fourth-order valence-electron chi connectivity index (χ4n) is 2.41. The number of likely N-dealkylation sites (N-methyl/N-ethyl adjacent to an activating group) is 2. The zero-order chi connectivity index (χ0) is 13.3. The molecule has 18 heavy (non-hydrogen) atoms. The van der Waals surface area contributed by atoms with Crippen LogP contribution < -0.4 is 5.73 Å². The van der Waals surface area contributed by atoms with Crippen molar-refractivity contribution < 1.29 is 4.39 Å². The molecule has 1 aromatic rings. The highest BCUT2D eigenvalue weighted by atomic mass is 79.9. The van der Waals surface area contributed by atoms with Crippen LogP contribution in [-0.4, -0.2) is 49.6 Å². The van der Waals surface area contributed by atoms with Crippen molar-refractivity contribution >= 4 is 15.9 Å². The molecule has 0 bridgehead atoms. The first-order valence-electron chi connectivity index (χ1n) is 6.08. The summed E-state index contributed by atoms with van der Waals surface area (Å²) < 4.78 is 14.7. The quantitative estimate of drug-likeness (QED) is 0.904. The number of benzene rings is 1. The van der Waals surface area contributed by atoms with Crippen molar-refractivity contribution in [3.63, 3.8) is 0 Å². The summed E-state index contributed by atoms with van der Waals surface area (Å²) in [5.74, 6) is -0.229. The van der Waals surface area contributed by atoms with E-state index in [-0.39, 0.29) is 17.9 Å². The van der Waals surface area contributed by atoms with Crippen molar-refractivity contribution in [2.24, 2.45) is 5.73 Å². The minimum atomic E-state index is -0.310. The van der Waals surface area contributed by atoms with Crippen LogP contribution in [0.15, 0.2) is 22.7 Å². The van der Waals surface area contributed by atoms with Crippen molar-refractivity contribution in [3.8, 4) is 0 Å². The number of piperazine rings is 1. The standard InChI is InChI=1S/C13H19BrFN3/c1-17-5-6-18(2)12(8-17)13(16)10-7-9(14)3-4-11(10)15/h3-4,7,12-13H,5-6,8,16H2,1-2H3. The summed E-state index contributed by atoms with van der Waals surface area (Å²) in [6.07, 6.45) is 0. The number of halogens is 2. The SMILES string of the molecule is CN1CCN(C)C(C(N)c2cc(Br)ccc2F)C1. The van der Waals surface area contributed by atoms with Crippen molar-refractivity contribution in [1.29, 1.82) is 0 Å². The first-order valence-corrected chi connectivity index (χ1v) is 6.87. The average Bonchev–Trinajstić information content (AvgIpc) is 2.34. The highest BCUT2D eigenvalue weighted by Crippen LogP contribution is 2.26. The Bertz CT molecular complexity index is 427. The third-order valence-corrected chi connectivity index (χ3v) is 4.12. The minimum absolute atomic E-state index is 0.146. The molecule has 0 aromatic heterocycles. The Hall–Kier alpha value is -0.490. The number of nitrogens with zero attached hydrogens (tertiary/aromatic N) is 2. The third kappa shape index (κ3) is 2.91. The molecular formula is C13H19BrFN3. The van der Waals surface area contributed by atoms with Gasteiger partial charge in [-0.05, 0) is 32.3 Å². The highest BCUT2D eigenvalue weighted by Gasteiger charge is 2.29. The molecule has 0 aliphatic carbocycles. The van der Waals surface area contributed by atoms with Crippen LogP contribution in [0.3, 0.4) is 0 Å². The number of nitrogens with two attached hydrogens (primary N) is 1. The molecule has 2 unspecified atom stereocenters. The largest absolute Gasteiger partial charge is 0.323 e. The zero-order valence-electron chi connectivity index (χ0n) is 10.7. The zero-order valence-corrected chi connectivity index (χ0v) is 12.3. The van der Waals surface area contributed by atoms with E-state index >= 15 is 0 Å². The lowest BCUT2D eigenvalue weighted by Gasteiger charge is -2.40. The Kier molecular flexibility index (Phi) is 4.37. The van der Waals surface area contributed by atoms with E-state index in [1.54, 1.807) is 12.1 Å². The van der Waals surface area contributed by atoms with Crippen LogP contribution in [0, 0.1) is 5.82 Å². The predicted molar refractivity (Wildman–Crippen MR) is 74.9 cm³/mol. The molecule has 5 heteroatoms. The van der Waals surface area contributed by atoms with Crippen molar-refractivity contribution in [2.75, 3.05) is 33.7 Å². The molecule has 1 heterocycles. The molecule has 1 aromatic carbocycles. The van der Waals surface area contributed by atoms with Gasteiger partial charge in [-0.3, -0.25) is 4.90 Å². The number of hydrogen-bond acceptors (Lipinski definition) is 3. The van der Waals surface area contributed by atoms with E-state index in [1.807, 2.05) is 7.05 Å². The summed E-state index contributed by atoms with van der Waals surface area (Å²) in [4.78, 5) is 4.45. The molecule has 2 N–H and O–H groups in total. The predicted octanol–water partition coefficient (Wildman–Crippen LogP) is 1.83. The van der Waals surface area contributed by atoms with Crippen LogP contribution in [0.1, 0.15) is 11.6 Å². The van der Waals surface area contributed by atoms with Crippen LogP contribution in [-0.2, 0) is 0 Å². The first kappa shape index (κ1) is 13.9. The van der Waals surface area contributed by atoms with Gasteiger partial charge in [0.05, 0.1) is 0 Å². The summed E-state index contributed by atoms with van der Waals surface area (Å²) in [5, 5.41) is 0. The van der Waals surface area contributed by atoms with Gasteiger partial charge in [-0.1, -0.05) is 15.9 Å². The van der Waals surface area contributed by atoms with Crippen molar-refractivity contribution in [3.05, 3.63) is 34.1 Å². The Labute approximate surface area is 116 Å². The van der Waals surface area contributed by atoms with Crippen LogP contribution in [0.4, 0.5) is 4.39 Å². The molecule has 0 radical (unpaired) electrons. The van der Waals surface area contributed by atoms with Gasteiger partial charge in [-0.2, -0.15) is 0 Å². The van der Waals surface area contributed by atoms with E-state index in [0.717, 1.165) is 24.1 Å². The molecule has 0 spiro atoms. The lowest BCUT2D eigenvalue weighted by atomic mass is 9.97. The first-order chi connectivity index (χ1) is 8.49. The van der Waals surface area contributed by atoms with E-state index in [2.05, 4.69) is 32.8 Å². The fraction of sp³-hybridized carbons (Fsp3) is 0.538. The summed E-state index contributed by atoms with van der Waals surface area (Å²) in [6, 6.07) is 4.78. The molecule has 1 aliphatic rings. The average molecular weight is 316 g/mol. The Balaban J connectivity index is 2.23. The fourth-order valence-corrected chi connectivity index (χ4v) is 2.79. The van der Waals surface area contributed by atoms with Crippen molar-refractivity contribution in [2.45, 2.75) is 12.1 Å². The summed E-state index contributed by atoms with van der Waals surface area (Å²) in [6.45, 7) is 2.86. The van der Waals surface area contributed by atoms with Gasteiger partial charge < -0.3 is 10.6 Å². The smallest absolute Gasteiger partial charge is 0.128 e. The topological polar surface area (TPSA) is 32.5 Å². The van der Waals surface area contributed by atoms with Gasteiger partial charge in [0.2, 0.25) is 0 Å².